The van der Waals surface area contributed by atoms with Gasteiger partial charge in [-0.3, -0.25) is 4.98 Å². The van der Waals surface area contributed by atoms with Gasteiger partial charge in [0.15, 0.2) is 0 Å². The van der Waals surface area contributed by atoms with Crippen molar-refractivity contribution in [2.75, 3.05) is 5.32 Å². The number of pyridine rings is 1. The molecule has 0 spiro atoms. The van der Waals surface area contributed by atoms with Crippen LogP contribution in [0, 0.1) is 6.92 Å². The molecule has 0 amide bonds. The van der Waals surface area contributed by atoms with Gasteiger partial charge in [0.2, 0.25) is 0 Å². The molecule has 1 N–H and O–H groups in total. The van der Waals surface area contributed by atoms with Gasteiger partial charge < -0.3 is 5.32 Å². The molecule has 3 heterocycles. The minimum absolute atomic E-state index is 0.769. The molecule has 1 aliphatic carbocycles. The summed E-state index contributed by atoms with van der Waals surface area (Å²) in [5, 5.41) is 4.75. The van der Waals surface area contributed by atoms with Crippen molar-refractivity contribution in [3.05, 3.63) is 46.4 Å². The van der Waals surface area contributed by atoms with Crippen molar-refractivity contribution < 1.29 is 0 Å². The zero-order valence-corrected chi connectivity index (χ0v) is 13.4. The van der Waals surface area contributed by atoms with Crippen LogP contribution in [0.4, 0.5) is 5.82 Å². The van der Waals surface area contributed by atoms with Crippen molar-refractivity contribution in [3.8, 4) is 0 Å². The Morgan fingerprint density at radius 1 is 1.23 bits per heavy atom. The minimum Gasteiger partial charge on any atom is -0.365 e. The van der Waals surface area contributed by atoms with Gasteiger partial charge in [-0.2, -0.15) is 0 Å². The van der Waals surface area contributed by atoms with Crippen LogP contribution in [0.1, 0.15) is 34.4 Å². The fourth-order valence-corrected chi connectivity index (χ4v) is 4.33. The molecular formula is C17H18N4S. The van der Waals surface area contributed by atoms with Crippen LogP contribution in [0.2, 0.25) is 0 Å². The van der Waals surface area contributed by atoms with E-state index in [2.05, 4.69) is 33.3 Å². The first-order valence-corrected chi connectivity index (χ1v) is 8.53. The third-order valence-corrected chi connectivity index (χ3v) is 5.53. The summed E-state index contributed by atoms with van der Waals surface area (Å²) in [6.07, 6.45) is 10.3. The normalized spacial score (nSPS) is 14.0. The van der Waals surface area contributed by atoms with Crippen molar-refractivity contribution in [2.45, 2.75) is 39.2 Å². The van der Waals surface area contributed by atoms with Crippen LogP contribution in [-0.4, -0.2) is 15.0 Å². The molecule has 1 aliphatic rings. The van der Waals surface area contributed by atoms with E-state index in [9.17, 15) is 0 Å². The van der Waals surface area contributed by atoms with E-state index >= 15 is 0 Å². The quantitative estimate of drug-likeness (QED) is 0.797. The zero-order chi connectivity index (χ0) is 14.9. The molecule has 0 atom stereocenters. The van der Waals surface area contributed by atoms with Crippen molar-refractivity contribution >= 4 is 27.4 Å². The van der Waals surface area contributed by atoms with Crippen LogP contribution in [-0.2, 0) is 19.4 Å². The Labute approximate surface area is 133 Å². The minimum atomic E-state index is 0.769. The van der Waals surface area contributed by atoms with Gasteiger partial charge in [-0.05, 0) is 55.4 Å². The van der Waals surface area contributed by atoms with E-state index in [1.165, 1.54) is 46.2 Å². The number of nitrogens with one attached hydrogen (secondary N) is 1. The van der Waals surface area contributed by atoms with E-state index in [1.54, 1.807) is 6.33 Å². The Kier molecular flexibility index (Phi) is 3.50. The average Bonchev–Trinajstić information content (AvgIpc) is 2.93. The van der Waals surface area contributed by atoms with Crippen LogP contribution >= 0.6 is 11.3 Å². The Morgan fingerprint density at radius 2 is 2.14 bits per heavy atom. The molecule has 0 bridgehead atoms. The molecule has 112 valence electrons. The summed E-state index contributed by atoms with van der Waals surface area (Å²) in [5.74, 6) is 0.973. The molecule has 5 heteroatoms. The Balaban J connectivity index is 1.70. The predicted octanol–water partition coefficient (Wildman–Crippen LogP) is 3.89. The molecule has 4 nitrogen and oxygen atoms in total. The standard InChI is InChI=1S/C17H18N4S/c1-11-8-18-7-6-12(11)9-19-16-15-13-4-2-3-5-14(13)22-17(15)21-10-20-16/h6-8,10H,2-5,9H2,1H3,(H,19,20,21). The lowest BCUT2D eigenvalue weighted by Crippen LogP contribution is -2.05. The van der Waals surface area contributed by atoms with Crippen molar-refractivity contribution in [1.82, 2.24) is 15.0 Å². The second kappa shape index (κ2) is 5.65. The van der Waals surface area contributed by atoms with Crippen LogP contribution in [0.15, 0.2) is 24.8 Å². The van der Waals surface area contributed by atoms with Gasteiger partial charge in [0.05, 0.1) is 5.39 Å². The SMILES string of the molecule is Cc1cnccc1CNc1ncnc2sc3c(c12)CCCC3. The summed E-state index contributed by atoms with van der Waals surface area (Å²) in [7, 11) is 0. The highest BCUT2D eigenvalue weighted by atomic mass is 32.1. The molecule has 22 heavy (non-hydrogen) atoms. The molecule has 3 aromatic heterocycles. The van der Waals surface area contributed by atoms with Gasteiger partial charge in [-0.1, -0.05) is 0 Å². The number of aryl methyl sites for hydroxylation is 3. The summed E-state index contributed by atoms with van der Waals surface area (Å²) < 4.78 is 0. The highest BCUT2D eigenvalue weighted by Gasteiger charge is 2.19. The number of hydrogen-bond donors (Lipinski definition) is 1. The lowest BCUT2D eigenvalue weighted by molar-refractivity contribution is 0.700. The van der Waals surface area contributed by atoms with Crippen LogP contribution in [0.25, 0.3) is 10.2 Å². The van der Waals surface area contributed by atoms with Crippen LogP contribution in [0.3, 0.4) is 0 Å². The maximum Gasteiger partial charge on any atom is 0.138 e. The second-order valence-corrected chi connectivity index (χ2v) is 6.85. The zero-order valence-electron chi connectivity index (χ0n) is 12.6. The van der Waals surface area contributed by atoms with Crippen molar-refractivity contribution in [3.63, 3.8) is 0 Å². The maximum atomic E-state index is 4.50. The summed E-state index contributed by atoms with van der Waals surface area (Å²) >= 11 is 1.84. The molecular weight excluding hydrogens is 292 g/mol. The average molecular weight is 310 g/mol. The predicted molar refractivity (Wildman–Crippen MR) is 90.4 cm³/mol. The Morgan fingerprint density at radius 3 is 3.05 bits per heavy atom. The first-order valence-electron chi connectivity index (χ1n) is 7.71. The molecule has 4 rings (SSSR count). The number of hydrogen-bond acceptors (Lipinski definition) is 5. The van der Waals surface area contributed by atoms with E-state index in [4.69, 9.17) is 0 Å². The van der Waals surface area contributed by atoms with Crippen molar-refractivity contribution in [1.29, 1.82) is 0 Å². The molecule has 0 aliphatic heterocycles. The Bertz CT molecular complexity index is 825. The summed E-state index contributed by atoms with van der Waals surface area (Å²) in [6, 6.07) is 2.06. The first-order chi connectivity index (χ1) is 10.8. The van der Waals surface area contributed by atoms with Gasteiger partial charge in [-0.15, -0.1) is 11.3 Å². The molecule has 0 saturated carbocycles. The fraction of sp³-hybridized carbons (Fsp3) is 0.353. The van der Waals surface area contributed by atoms with Gasteiger partial charge in [0.1, 0.15) is 17.0 Å². The number of aromatic nitrogens is 3. The van der Waals surface area contributed by atoms with E-state index in [0.717, 1.165) is 23.6 Å². The molecule has 0 radical (unpaired) electrons. The van der Waals surface area contributed by atoms with Crippen molar-refractivity contribution in [2.24, 2.45) is 0 Å². The monoisotopic (exact) mass is 310 g/mol. The van der Waals surface area contributed by atoms with Gasteiger partial charge in [0, 0.05) is 23.8 Å². The third kappa shape index (κ3) is 2.35. The lowest BCUT2D eigenvalue weighted by Gasteiger charge is -2.13. The van der Waals surface area contributed by atoms with E-state index in [-0.39, 0.29) is 0 Å². The van der Waals surface area contributed by atoms with Gasteiger partial charge in [0.25, 0.3) is 0 Å². The summed E-state index contributed by atoms with van der Waals surface area (Å²) in [4.78, 5) is 15.8. The van der Waals surface area contributed by atoms with Crippen LogP contribution in [0.5, 0.6) is 0 Å². The van der Waals surface area contributed by atoms with E-state index in [1.807, 2.05) is 23.7 Å². The second-order valence-electron chi connectivity index (χ2n) is 5.77. The number of fused-ring (bicyclic) bond motifs is 3. The van der Waals surface area contributed by atoms with Gasteiger partial charge >= 0.3 is 0 Å². The summed E-state index contributed by atoms with van der Waals surface area (Å²) in [6.45, 7) is 2.86. The largest absolute Gasteiger partial charge is 0.365 e. The number of nitrogens with zero attached hydrogens (tertiary/aromatic N) is 3. The molecule has 0 unspecified atom stereocenters. The van der Waals surface area contributed by atoms with Gasteiger partial charge in [-0.25, -0.2) is 9.97 Å². The molecule has 0 saturated heterocycles. The third-order valence-electron chi connectivity index (χ3n) is 4.33. The number of anilines is 1. The molecule has 0 aromatic carbocycles. The first kappa shape index (κ1) is 13.6. The van der Waals surface area contributed by atoms with E-state index < -0.39 is 0 Å². The topological polar surface area (TPSA) is 50.7 Å². The highest BCUT2D eigenvalue weighted by molar-refractivity contribution is 7.19. The Hall–Kier alpha value is -2.01. The van der Waals surface area contributed by atoms with E-state index in [0.29, 0.717) is 0 Å². The molecule has 0 fully saturated rings. The number of thiophene rings is 1. The molecule has 3 aromatic rings. The van der Waals surface area contributed by atoms with Crippen LogP contribution < -0.4 is 5.32 Å². The maximum absolute atomic E-state index is 4.50. The summed E-state index contributed by atoms with van der Waals surface area (Å²) in [5.41, 5.74) is 3.93. The highest BCUT2D eigenvalue weighted by Crippen LogP contribution is 2.38. The lowest BCUT2D eigenvalue weighted by atomic mass is 9.97. The smallest absolute Gasteiger partial charge is 0.138 e. The fourth-order valence-electron chi connectivity index (χ4n) is 3.10. The number of rotatable bonds is 3.